The van der Waals surface area contributed by atoms with Crippen molar-refractivity contribution in [1.29, 1.82) is 0 Å². The molecule has 0 bridgehead atoms. The third-order valence-corrected chi connectivity index (χ3v) is 3.89. The van der Waals surface area contributed by atoms with E-state index in [2.05, 4.69) is 26.2 Å². The molecule has 1 aromatic heterocycles. The first kappa shape index (κ1) is 12.9. The van der Waals surface area contributed by atoms with Gasteiger partial charge in [0.25, 0.3) is 0 Å². The Kier molecular flexibility index (Phi) is 4.58. The van der Waals surface area contributed by atoms with Gasteiger partial charge in [-0.05, 0) is 31.4 Å². The molecular weight excluding hydrogens is 250 g/mol. The molecule has 18 heavy (non-hydrogen) atoms. The largest absolute Gasteiger partial charge is 0.452 e. The number of nitrogens with zero attached hydrogens (tertiary/aromatic N) is 2. The van der Waals surface area contributed by atoms with Crippen LogP contribution in [0.4, 0.5) is 9.80 Å². The summed E-state index contributed by atoms with van der Waals surface area (Å²) in [6.07, 6.45) is 4.95. The van der Waals surface area contributed by atoms with Gasteiger partial charge < -0.3 is 9.64 Å². The second-order valence-corrected chi connectivity index (χ2v) is 5.18. The maximum Gasteiger partial charge on any atom is 0.427 e. The summed E-state index contributed by atoms with van der Waals surface area (Å²) in [6.45, 7) is 2.27. The van der Waals surface area contributed by atoms with E-state index in [4.69, 9.17) is 0 Å². The SMILES string of the molecule is COC(=O)N/N=C\c1ccc(N2CCCCC2)s1. The molecule has 1 aliphatic heterocycles. The highest BCUT2D eigenvalue weighted by Crippen LogP contribution is 2.27. The normalized spacial score (nSPS) is 15.9. The van der Waals surface area contributed by atoms with Crippen molar-refractivity contribution in [1.82, 2.24) is 5.43 Å². The van der Waals surface area contributed by atoms with E-state index in [1.807, 2.05) is 6.07 Å². The number of thiophene rings is 1. The van der Waals surface area contributed by atoms with Crippen molar-refractivity contribution >= 4 is 28.6 Å². The van der Waals surface area contributed by atoms with E-state index < -0.39 is 6.09 Å². The number of hydrogen-bond acceptors (Lipinski definition) is 5. The van der Waals surface area contributed by atoms with Gasteiger partial charge >= 0.3 is 6.09 Å². The number of methoxy groups -OCH3 is 1. The summed E-state index contributed by atoms with van der Waals surface area (Å²) < 4.78 is 4.42. The molecule has 1 saturated heterocycles. The predicted octanol–water partition coefficient (Wildman–Crippen LogP) is 2.43. The Hall–Kier alpha value is -1.56. The fraction of sp³-hybridized carbons (Fsp3) is 0.500. The number of anilines is 1. The lowest BCUT2D eigenvalue weighted by atomic mass is 10.1. The maximum absolute atomic E-state index is 10.8. The molecule has 0 spiro atoms. The molecule has 2 rings (SSSR count). The quantitative estimate of drug-likeness (QED) is 0.676. The molecule has 0 radical (unpaired) electrons. The number of rotatable bonds is 3. The number of amides is 1. The van der Waals surface area contributed by atoms with E-state index in [1.54, 1.807) is 17.6 Å². The molecule has 0 aromatic carbocycles. The van der Waals surface area contributed by atoms with Crippen molar-refractivity contribution in [3.63, 3.8) is 0 Å². The summed E-state index contributed by atoms with van der Waals surface area (Å²) in [4.78, 5) is 14.2. The van der Waals surface area contributed by atoms with Crippen LogP contribution < -0.4 is 10.3 Å². The van der Waals surface area contributed by atoms with Gasteiger partial charge in [-0.2, -0.15) is 5.10 Å². The molecule has 0 saturated carbocycles. The van der Waals surface area contributed by atoms with Crippen LogP contribution in [0.3, 0.4) is 0 Å². The number of piperidine rings is 1. The molecule has 1 amide bonds. The minimum Gasteiger partial charge on any atom is -0.452 e. The lowest BCUT2D eigenvalue weighted by Gasteiger charge is -2.27. The molecule has 1 aliphatic rings. The van der Waals surface area contributed by atoms with E-state index in [0.29, 0.717) is 0 Å². The number of hydrogen-bond donors (Lipinski definition) is 1. The molecule has 1 aromatic rings. The summed E-state index contributed by atoms with van der Waals surface area (Å²) in [6, 6.07) is 4.12. The van der Waals surface area contributed by atoms with Gasteiger partial charge in [0.1, 0.15) is 0 Å². The third kappa shape index (κ3) is 3.46. The second-order valence-electron chi connectivity index (χ2n) is 4.09. The summed E-state index contributed by atoms with van der Waals surface area (Å²) in [7, 11) is 1.31. The Bertz CT molecular complexity index is 425. The second kappa shape index (κ2) is 6.39. The smallest absolute Gasteiger partial charge is 0.427 e. The average molecular weight is 267 g/mol. The van der Waals surface area contributed by atoms with Crippen molar-refractivity contribution in [3.05, 3.63) is 17.0 Å². The molecule has 1 fully saturated rings. The van der Waals surface area contributed by atoms with Crippen molar-refractivity contribution in [2.24, 2.45) is 5.10 Å². The van der Waals surface area contributed by atoms with Crippen LogP contribution in [0.25, 0.3) is 0 Å². The van der Waals surface area contributed by atoms with Crippen molar-refractivity contribution in [2.75, 3.05) is 25.1 Å². The molecule has 0 unspecified atom stereocenters. The van der Waals surface area contributed by atoms with Crippen LogP contribution in [0.15, 0.2) is 17.2 Å². The van der Waals surface area contributed by atoms with Gasteiger partial charge in [0.15, 0.2) is 0 Å². The lowest BCUT2D eigenvalue weighted by molar-refractivity contribution is 0.171. The number of ether oxygens (including phenoxy) is 1. The topological polar surface area (TPSA) is 53.9 Å². The summed E-state index contributed by atoms with van der Waals surface area (Å²) >= 11 is 1.68. The lowest BCUT2D eigenvalue weighted by Crippen LogP contribution is -2.28. The third-order valence-electron chi connectivity index (χ3n) is 2.81. The fourth-order valence-electron chi connectivity index (χ4n) is 1.89. The van der Waals surface area contributed by atoms with E-state index in [0.717, 1.165) is 18.0 Å². The van der Waals surface area contributed by atoms with Crippen LogP contribution in [0, 0.1) is 0 Å². The van der Waals surface area contributed by atoms with Crippen LogP contribution in [-0.4, -0.2) is 32.5 Å². The molecular formula is C12H17N3O2S. The van der Waals surface area contributed by atoms with E-state index in [1.165, 1.54) is 31.4 Å². The minimum absolute atomic E-state index is 0.556. The van der Waals surface area contributed by atoms with Crippen LogP contribution in [-0.2, 0) is 4.74 Å². The van der Waals surface area contributed by atoms with Crippen LogP contribution >= 0.6 is 11.3 Å². The Balaban J connectivity index is 1.91. The minimum atomic E-state index is -0.556. The first-order valence-corrected chi connectivity index (χ1v) is 6.83. The van der Waals surface area contributed by atoms with Crippen molar-refractivity contribution in [2.45, 2.75) is 19.3 Å². The Morgan fingerprint density at radius 3 is 2.94 bits per heavy atom. The van der Waals surface area contributed by atoms with E-state index in [9.17, 15) is 4.79 Å². The Labute approximate surface area is 110 Å². The summed E-state index contributed by atoms with van der Waals surface area (Å²) in [5.74, 6) is 0. The highest BCUT2D eigenvalue weighted by molar-refractivity contribution is 7.17. The highest BCUT2D eigenvalue weighted by atomic mass is 32.1. The van der Waals surface area contributed by atoms with Gasteiger partial charge in [0.2, 0.25) is 0 Å². The average Bonchev–Trinajstić information content (AvgIpc) is 2.88. The molecule has 6 heteroatoms. The number of carbonyl (C=O) groups is 1. The van der Waals surface area contributed by atoms with Gasteiger partial charge in [-0.15, -0.1) is 11.3 Å². The molecule has 2 heterocycles. The first-order chi connectivity index (χ1) is 8.79. The number of carbonyl (C=O) groups excluding carboxylic acids is 1. The zero-order valence-electron chi connectivity index (χ0n) is 10.4. The number of hydrazone groups is 1. The summed E-state index contributed by atoms with van der Waals surface area (Å²) in [5.41, 5.74) is 2.27. The monoisotopic (exact) mass is 267 g/mol. The van der Waals surface area contributed by atoms with E-state index in [-0.39, 0.29) is 0 Å². The van der Waals surface area contributed by atoms with Crippen LogP contribution in [0.1, 0.15) is 24.1 Å². The molecule has 98 valence electrons. The first-order valence-electron chi connectivity index (χ1n) is 6.01. The molecule has 0 atom stereocenters. The van der Waals surface area contributed by atoms with Crippen LogP contribution in [0.5, 0.6) is 0 Å². The van der Waals surface area contributed by atoms with Gasteiger partial charge in [0.05, 0.1) is 18.3 Å². The molecule has 5 nitrogen and oxygen atoms in total. The summed E-state index contributed by atoms with van der Waals surface area (Å²) in [5, 5.41) is 5.09. The van der Waals surface area contributed by atoms with E-state index >= 15 is 0 Å². The van der Waals surface area contributed by atoms with Gasteiger partial charge in [-0.1, -0.05) is 0 Å². The van der Waals surface area contributed by atoms with Gasteiger partial charge in [-0.25, -0.2) is 10.2 Å². The predicted molar refractivity (Wildman–Crippen MR) is 73.5 cm³/mol. The molecule has 0 aliphatic carbocycles. The van der Waals surface area contributed by atoms with Crippen molar-refractivity contribution in [3.8, 4) is 0 Å². The standard InChI is InChI=1S/C12H17N3O2S/c1-17-12(16)14-13-9-10-5-6-11(18-10)15-7-3-2-4-8-15/h5-6,9H,2-4,7-8H2,1H3,(H,14,16)/b13-9-. The fourth-order valence-corrected chi connectivity index (χ4v) is 2.82. The highest BCUT2D eigenvalue weighted by Gasteiger charge is 2.12. The van der Waals surface area contributed by atoms with Crippen LogP contribution in [0.2, 0.25) is 0 Å². The Morgan fingerprint density at radius 1 is 1.44 bits per heavy atom. The number of nitrogens with one attached hydrogen (secondary N) is 1. The zero-order valence-corrected chi connectivity index (χ0v) is 11.2. The van der Waals surface area contributed by atoms with Crippen molar-refractivity contribution < 1.29 is 9.53 Å². The molecule has 1 N–H and O–H groups in total. The zero-order chi connectivity index (χ0) is 12.8. The maximum atomic E-state index is 10.8. The van der Waals surface area contributed by atoms with Gasteiger partial charge in [-0.3, -0.25) is 0 Å². The Morgan fingerprint density at radius 2 is 2.22 bits per heavy atom. The van der Waals surface area contributed by atoms with Gasteiger partial charge in [0, 0.05) is 18.0 Å².